The van der Waals surface area contributed by atoms with E-state index in [9.17, 15) is 14.7 Å². The van der Waals surface area contributed by atoms with Crippen molar-refractivity contribution in [2.24, 2.45) is 0 Å². The van der Waals surface area contributed by atoms with E-state index in [0.29, 0.717) is 22.6 Å². The molecular formula is C20H14O4. The number of ketones is 1. The first-order valence-corrected chi connectivity index (χ1v) is 7.35. The van der Waals surface area contributed by atoms with E-state index in [1.54, 1.807) is 60.7 Å². The first kappa shape index (κ1) is 15.5. The molecule has 0 aliphatic heterocycles. The number of furan rings is 1. The summed E-state index contributed by atoms with van der Waals surface area (Å²) >= 11 is 0. The molecule has 0 saturated heterocycles. The quantitative estimate of drug-likeness (QED) is 0.554. The number of hydrogen-bond donors (Lipinski definition) is 1. The summed E-state index contributed by atoms with van der Waals surface area (Å²) < 4.78 is 5.64. The Balaban J connectivity index is 1.83. The summed E-state index contributed by atoms with van der Waals surface area (Å²) in [6.45, 7) is 0. The largest absolute Gasteiger partial charge is 0.478 e. The van der Waals surface area contributed by atoms with Crippen molar-refractivity contribution in [1.29, 1.82) is 0 Å². The normalized spacial score (nSPS) is 10.8. The third kappa shape index (κ3) is 3.33. The number of aromatic carboxylic acids is 1. The van der Waals surface area contributed by atoms with Crippen LogP contribution < -0.4 is 0 Å². The lowest BCUT2D eigenvalue weighted by atomic mass is 10.1. The number of hydrogen-bond acceptors (Lipinski definition) is 3. The average Bonchev–Trinajstić information content (AvgIpc) is 3.09. The molecule has 0 spiro atoms. The first-order valence-electron chi connectivity index (χ1n) is 7.35. The van der Waals surface area contributed by atoms with Crippen LogP contribution in [0.4, 0.5) is 0 Å². The molecule has 24 heavy (non-hydrogen) atoms. The Morgan fingerprint density at radius 2 is 1.58 bits per heavy atom. The molecule has 3 aromatic rings. The summed E-state index contributed by atoms with van der Waals surface area (Å²) in [5.74, 6) is -0.216. The zero-order valence-corrected chi connectivity index (χ0v) is 12.7. The van der Waals surface area contributed by atoms with Crippen LogP contribution in [0, 0.1) is 0 Å². The van der Waals surface area contributed by atoms with E-state index >= 15 is 0 Å². The monoisotopic (exact) mass is 318 g/mol. The smallest absolute Gasteiger partial charge is 0.336 e. The van der Waals surface area contributed by atoms with Gasteiger partial charge in [0.1, 0.15) is 11.5 Å². The molecule has 4 nitrogen and oxygen atoms in total. The van der Waals surface area contributed by atoms with E-state index in [2.05, 4.69) is 0 Å². The molecule has 4 heteroatoms. The van der Waals surface area contributed by atoms with E-state index in [1.807, 2.05) is 6.07 Å². The van der Waals surface area contributed by atoms with Crippen LogP contribution in [0.25, 0.3) is 17.4 Å². The van der Waals surface area contributed by atoms with Gasteiger partial charge in [-0.1, -0.05) is 48.5 Å². The highest BCUT2D eigenvalue weighted by molar-refractivity contribution is 6.06. The maximum Gasteiger partial charge on any atom is 0.336 e. The number of benzene rings is 2. The van der Waals surface area contributed by atoms with Crippen LogP contribution in [0.5, 0.6) is 0 Å². The minimum Gasteiger partial charge on any atom is -0.478 e. The van der Waals surface area contributed by atoms with E-state index in [0.717, 1.165) is 0 Å². The lowest BCUT2D eigenvalue weighted by Gasteiger charge is -2.01. The van der Waals surface area contributed by atoms with Crippen molar-refractivity contribution in [3.05, 3.63) is 89.7 Å². The molecule has 0 atom stereocenters. The highest BCUT2D eigenvalue weighted by atomic mass is 16.4. The number of allylic oxidation sites excluding steroid dienone is 1. The van der Waals surface area contributed by atoms with E-state index < -0.39 is 5.97 Å². The summed E-state index contributed by atoms with van der Waals surface area (Å²) in [4.78, 5) is 23.3. The third-order valence-corrected chi connectivity index (χ3v) is 3.51. The van der Waals surface area contributed by atoms with Gasteiger partial charge in [0, 0.05) is 11.1 Å². The Labute approximate surface area is 138 Å². The summed E-state index contributed by atoms with van der Waals surface area (Å²) in [5, 5.41) is 9.24. The van der Waals surface area contributed by atoms with Crippen molar-refractivity contribution in [2.45, 2.75) is 0 Å². The van der Waals surface area contributed by atoms with Crippen molar-refractivity contribution in [2.75, 3.05) is 0 Å². The number of carbonyl (C=O) groups is 2. The fourth-order valence-electron chi connectivity index (χ4n) is 2.33. The molecule has 0 aliphatic carbocycles. The minimum atomic E-state index is -1.02. The van der Waals surface area contributed by atoms with Gasteiger partial charge in [-0.3, -0.25) is 4.79 Å². The van der Waals surface area contributed by atoms with E-state index in [4.69, 9.17) is 4.42 Å². The summed E-state index contributed by atoms with van der Waals surface area (Å²) in [5.41, 5.74) is 1.26. The second kappa shape index (κ2) is 6.79. The van der Waals surface area contributed by atoms with Gasteiger partial charge in [-0.05, 0) is 30.4 Å². The fourth-order valence-corrected chi connectivity index (χ4v) is 2.33. The number of carbonyl (C=O) groups excluding carboxylic acids is 1. The van der Waals surface area contributed by atoms with E-state index in [-0.39, 0.29) is 11.3 Å². The Hall–Kier alpha value is -3.40. The van der Waals surface area contributed by atoms with Gasteiger partial charge in [0.25, 0.3) is 0 Å². The van der Waals surface area contributed by atoms with Crippen LogP contribution in [-0.2, 0) is 0 Å². The summed E-state index contributed by atoms with van der Waals surface area (Å²) in [6.07, 6.45) is 3.00. The van der Waals surface area contributed by atoms with Crippen LogP contribution in [-0.4, -0.2) is 16.9 Å². The maximum absolute atomic E-state index is 12.0. The van der Waals surface area contributed by atoms with Crippen LogP contribution in [0.15, 0.2) is 77.2 Å². The van der Waals surface area contributed by atoms with Gasteiger partial charge in [0.05, 0.1) is 5.56 Å². The lowest BCUT2D eigenvalue weighted by molar-refractivity contribution is 0.0697. The molecule has 0 saturated carbocycles. The Bertz CT molecular complexity index is 904. The lowest BCUT2D eigenvalue weighted by Crippen LogP contribution is -1.98. The fraction of sp³-hybridized carbons (Fsp3) is 0. The van der Waals surface area contributed by atoms with Gasteiger partial charge < -0.3 is 9.52 Å². The van der Waals surface area contributed by atoms with E-state index in [1.165, 1.54) is 12.1 Å². The Kier molecular flexibility index (Phi) is 4.38. The molecule has 0 aliphatic rings. The van der Waals surface area contributed by atoms with Gasteiger partial charge in [-0.2, -0.15) is 0 Å². The summed E-state index contributed by atoms with van der Waals surface area (Å²) in [7, 11) is 0. The molecule has 2 aromatic carbocycles. The van der Waals surface area contributed by atoms with Gasteiger partial charge >= 0.3 is 5.97 Å². The van der Waals surface area contributed by atoms with Crippen molar-refractivity contribution in [3.63, 3.8) is 0 Å². The number of carboxylic acid groups (broad SMARTS) is 1. The zero-order chi connectivity index (χ0) is 16.9. The molecule has 118 valence electrons. The number of carboxylic acids is 1. The molecule has 1 heterocycles. The second-order valence-corrected chi connectivity index (χ2v) is 5.12. The molecule has 1 aromatic heterocycles. The SMILES string of the molecule is O=C(/C=C/c1ccc(-c2ccccc2C(=O)O)o1)c1ccccc1. The number of rotatable bonds is 5. The Morgan fingerprint density at radius 1 is 0.875 bits per heavy atom. The molecule has 0 bridgehead atoms. The predicted molar refractivity (Wildman–Crippen MR) is 90.9 cm³/mol. The van der Waals surface area contributed by atoms with Gasteiger partial charge in [0.15, 0.2) is 5.78 Å². The van der Waals surface area contributed by atoms with Gasteiger partial charge in [-0.25, -0.2) is 4.79 Å². The van der Waals surface area contributed by atoms with Gasteiger partial charge in [-0.15, -0.1) is 0 Å². The highest BCUT2D eigenvalue weighted by Crippen LogP contribution is 2.26. The van der Waals surface area contributed by atoms with Crippen LogP contribution in [0.2, 0.25) is 0 Å². The van der Waals surface area contributed by atoms with Crippen molar-refractivity contribution < 1.29 is 19.1 Å². The zero-order valence-electron chi connectivity index (χ0n) is 12.7. The minimum absolute atomic E-state index is 0.125. The predicted octanol–water partition coefficient (Wildman–Crippen LogP) is 4.54. The molecule has 0 fully saturated rings. The molecule has 1 N–H and O–H groups in total. The average molecular weight is 318 g/mol. The van der Waals surface area contributed by atoms with Crippen LogP contribution in [0.1, 0.15) is 26.5 Å². The Morgan fingerprint density at radius 3 is 2.33 bits per heavy atom. The van der Waals surface area contributed by atoms with Crippen LogP contribution in [0.3, 0.4) is 0 Å². The van der Waals surface area contributed by atoms with Crippen molar-refractivity contribution >= 4 is 17.8 Å². The molecule has 3 rings (SSSR count). The second-order valence-electron chi connectivity index (χ2n) is 5.12. The molecule has 0 unspecified atom stereocenters. The van der Waals surface area contributed by atoms with Crippen molar-refractivity contribution in [1.82, 2.24) is 0 Å². The molecule has 0 amide bonds. The van der Waals surface area contributed by atoms with Crippen molar-refractivity contribution in [3.8, 4) is 11.3 Å². The molecular weight excluding hydrogens is 304 g/mol. The first-order chi connectivity index (χ1) is 11.6. The maximum atomic E-state index is 12.0. The standard InChI is InChI=1S/C20H14O4/c21-18(14-6-2-1-3-7-14)12-10-15-11-13-19(24-15)16-8-4-5-9-17(16)20(22)23/h1-13H,(H,22,23)/b12-10+. The summed E-state index contributed by atoms with van der Waals surface area (Å²) in [6, 6.07) is 18.9. The topological polar surface area (TPSA) is 67.5 Å². The van der Waals surface area contributed by atoms with Gasteiger partial charge in [0.2, 0.25) is 0 Å². The van der Waals surface area contributed by atoms with Crippen LogP contribution >= 0.6 is 0 Å². The molecule has 0 radical (unpaired) electrons. The third-order valence-electron chi connectivity index (χ3n) is 3.51. The highest BCUT2D eigenvalue weighted by Gasteiger charge is 2.13.